The van der Waals surface area contributed by atoms with E-state index in [-0.39, 0.29) is 5.97 Å². The van der Waals surface area contributed by atoms with Gasteiger partial charge < -0.3 is 20.1 Å². The molecule has 0 atom stereocenters. The highest BCUT2D eigenvalue weighted by Gasteiger charge is 2.00. The van der Waals surface area contributed by atoms with Crippen molar-refractivity contribution in [3.05, 3.63) is 29.8 Å². The molecule has 6 heteroatoms. The predicted octanol–water partition coefficient (Wildman–Crippen LogP) is 2.39. The molecule has 0 aliphatic rings. The van der Waals surface area contributed by atoms with E-state index in [2.05, 4.69) is 15.4 Å². The molecule has 0 bridgehead atoms. The lowest BCUT2D eigenvalue weighted by molar-refractivity contribution is -0.140. The summed E-state index contributed by atoms with van der Waals surface area (Å²) in [4.78, 5) is 10.9. The first-order valence-electron chi connectivity index (χ1n) is 7.37. The average Bonchev–Trinajstić information content (AvgIpc) is 2.56. The van der Waals surface area contributed by atoms with E-state index in [1.54, 1.807) is 7.11 Å². The highest BCUT2D eigenvalue weighted by molar-refractivity contribution is 7.80. The minimum Gasteiger partial charge on any atom is -0.497 e. The summed E-state index contributed by atoms with van der Waals surface area (Å²) in [6, 6.07) is 7.85. The van der Waals surface area contributed by atoms with Crippen molar-refractivity contribution in [2.75, 3.05) is 20.8 Å². The van der Waals surface area contributed by atoms with Crippen molar-refractivity contribution in [3.8, 4) is 5.75 Å². The third-order valence-corrected chi connectivity index (χ3v) is 3.47. The summed E-state index contributed by atoms with van der Waals surface area (Å²) in [5, 5.41) is 6.96. The number of thiocarbonyl (C=S) groups is 1. The molecule has 122 valence electrons. The number of hydrogen-bond donors (Lipinski definition) is 2. The summed E-state index contributed by atoms with van der Waals surface area (Å²) in [7, 11) is 3.06. The third-order valence-electron chi connectivity index (χ3n) is 3.18. The minimum absolute atomic E-state index is 0.148. The molecule has 0 aliphatic carbocycles. The van der Waals surface area contributed by atoms with Gasteiger partial charge in [-0.2, -0.15) is 0 Å². The Bertz CT molecular complexity index is 463. The van der Waals surface area contributed by atoms with E-state index in [1.807, 2.05) is 24.3 Å². The van der Waals surface area contributed by atoms with Crippen LogP contribution < -0.4 is 15.4 Å². The SMILES string of the molecule is COC(=O)CCCCCNC(=S)NCc1ccc(OC)cc1. The van der Waals surface area contributed by atoms with E-state index in [0.717, 1.165) is 37.1 Å². The zero-order chi connectivity index (χ0) is 16.2. The number of benzene rings is 1. The molecule has 0 saturated heterocycles. The number of methoxy groups -OCH3 is 2. The predicted molar refractivity (Wildman–Crippen MR) is 90.9 cm³/mol. The smallest absolute Gasteiger partial charge is 0.305 e. The lowest BCUT2D eigenvalue weighted by Crippen LogP contribution is -2.35. The van der Waals surface area contributed by atoms with E-state index in [9.17, 15) is 4.79 Å². The van der Waals surface area contributed by atoms with E-state index >= 15 is 0 Å². The normalized spacial score (nSPS) is 9.91. The maximum Gasteiger partial charge on any atom is 0.305 e. The molecule has 0 heterocycles. The van der Waals surface area contributed by atoms with Crippen LogP contribution in [0.4, 0.5) is 0 Å². The Morgan fingerprint density at radius 1 is 1.09 bits per heavy atom. The Morgan fingerprint density at radius 3 is 2.45 bits per heavy atom. The molecule has 5 nitrogen and oxygen atoms in total. The molecule has 22 heavy (non-hydrogen) atoms. The Balaban J connectivity index is 2.07. The average molecular weight is 324 g/mol. The van der Waals surface area contributed by atoms with Gasteiger partial charge in [-0.3, -0.25) is 4.79 Å². The summed E-state index contributed by atoms with van der Waals surface area (Å²) >= 11 is 5.22. The number of carbonyl (C=O) groups is 1. The molecule has 0 spiro atoms. The van der Waals surface area contributed by atoms with Crippen LogP contribution in [0, 0.1) is 0 Å². The molecule has 0 radical (unpaired) electrons. The van der Waals surface area contributed by atoms with Crippen molar-refractivity contribution in [2.24, 2.45) is 0 Å². The molecule has 0 amide bonds. The molecule has 0 aromatic heterocycles. The number of nitrogens with one attached hydrogen (secondary N) is 2. The fourth-order valence-electron chi connectivity index (χ4n) is 1.86. The van der Waals surface area contributed by atoms with Crippen molar-refractivity contribution < 1.29 is 14.3 Å². The molecule has 0 aliphatic heterocycles. The van der Waals surface area contributed by atoms with Crippen LogP contribution in [0.2, 0.25) is 0 Å². The second-order valence-corrected chi connectivity index (χ2v) is 5.25. The van der Waals surface area contributed by atoms with E-state index in [0.29, 0.717) is 18.1 Å². The van der Waals surface area contributed by atoms with Gasteiger partial charge in [0.2, 0.25) is 0 Å². The van der Waals surface area contributed by atoms with Crippen molar-refractivity contribution in [1.29, 1.82) is 0 Å². The molecule has 2 N–H and O–H groups in total. The van der Waals surface area contributed by atoms with Crippen molar-refractivity contribution in [2.45, 2.75) is 32.2 Å². The number of ether oxygens (including phenoxy) is 2. The van der Waals surface area contributed by atoms with E-state index in [4.69, 9.17) is 17.0 Å². The molecule has 0 unspecified atom stereocenters. The van der Waals surface area contributed by atoms with Crippen molar-refractivity contribution in [3.63, 3.8) is 0 Å². The highest BCUT2D eigenvalue weighted by Crippen LogP contribution is 2.10. The second-order valence-electron chi connectivity index (χ2n) is 4.84. The highest BCUT2D eigenvalue weighted by atomic mass is 32.1. The zero-order valence-corrected chi connectivity index (χ0v) is 14.0. The number of esters is 1. The van der Waals surface area contributed by atoms with Gasteiger partial charge >= 0.3 is 5.97 Å². The lowest BCUT2D eigenvalue weighted by atomic mass is 10.2. The van der Waals surface area contributed by atoms with E-state index in [1.165, 1.54) is 7.11 Å². The summed E-state index contributed by atoms with van der Waals surface area (Å²) in [5.41, 5.74) is 1.14. The van der Waals surface area contributed by atoms with Crippen LogP contribution in [0.15, 0.2) is 24.3 Å². The van der Waals surface area contributed by atoms with Crippen LogP contribution in [0.5, 0.6) is 5.75 Å². The third kappa shape index (κ3) is 7.83. The second kappa shape index (κ2) is 10.8. The topological polar surface area (TPSA) is 59.6 Å². The lowest BCUT2D eigenvalue weighted by Gasteiger charge is -2.10. The van der Waals surface area contributed by atoms with Crippen LogP contribution in [0.25, 0.3) is 0 Å². The quantitative estimate of drug-likeness (QED) is 0.413. The number of unbranched alkanes of at least 4 members (excludes halogenated alkanes) is 2. The molecular weight excluding hydrogens is 300 g/mol. The summed E-state index contributed by atoms with van der Waals surface area (Å²) < 4.78 is 9.70. The van der Waals surface area contributed by atoms with Gasteiger partial charge in [-0.1, -0.05) is 18.6 Å². The first-order valence-corrected chi connectivity index (χ1v) is 7.78. The zero-order valence-electron chi connectivity index (χ0n) is 13.2. The van der Waals surface area contributed by atoms with E-state index < -0.39 is 0 Å². The monoisotopic (exact) mass is 324 g/mol. The summed E-state index contributed by atoms with van der Waals surface area (Å²) in [6.07, 6.45) is 3.28. The first-order chi connectivity index (χ1) is 10.7. The van der Waals surface area contributed by atoms with Gasteiger partial charge in [-0.15, -0.1) is 0 Å². The molecule has 1 rings (SSSR count). The maximum atomic E-state index is 10.9. The van der Waals surface area contributed by atoms with Crippen LogP contribution >= 0.6 is 12.2 Å². The van der Waals surface area contributed by atoms with Gasteiger partial charge in [-0.05, 0) is 42.8 Å². The van der Waals surface area contributed by atoms with Gasteiger partial charge in [-0.25, -0.2) is 0 Å². The molecule has 1 aromatic rings. The minimum atomic E-state index is -0.148. The first kappa shape index (κ1) is 18.2. The standard InChI is InChI=1S/C16H24N2O3S/c1-20-14-9-7-13(8-10-14)12-18-16(22)17-11-5-3-4-6-15(19)21-2/h7-10H,3-6,11-12H2,1-2H3,(H2,17,18,22). The largest absolute Gasteiger partial charge is 0.497 e. The number of hydrogen-bond acceptors (Lipinski definition) is 4. The maximum absolute atomic E-state index is 10.9. The molecule has 1 aromatic carbocycles. The Kier molecular flexibility index (Phi) is 8.98. The van der Waals surface area contributed by atoms with Crippen LogP contribution in [0.1, 0.15) is 31.2 Å². The van der Waals surface area contributed by atoms with Gasteiger partial charge in [0.1, 0.15) is 5.75 Å². The van der Waals surface area contributed by atoms with Gasteiger partial charge in [0.05, 0.1) is 14.2 Å². The van der Waals surface area contributed by atoms with Crippen molar-refractivity contribution in [1.82, 2.24) is 10.6 Å². The molecule has 0 saturated carbocycles. The molecule has 0 fully saturated rings. The fourth-order valence-corrected chi connectivity index (χ4v) is 2.04. The van der Waals surface area contributed by atoms with Crippen LogP contribution in [-0.2, 0) is 16.1 Å². The van der Waals surface area contributed by atoms with Crippen LogP contribution in [0.3, 0.4) is 0 Å². The van der Waals surface area contributed by atoms with Crippen LogP contribution in [-0.4, -0.2) is 31.8 Å². The summed E-state index contributed by atoms with van der Waals surface area (Å²) in [5.74, 6) is 0.695. The number of carbonyl (C=O) groups excluding carboxylic acids is 1. The van der Waals surface area contributed by atoms with Gasteiger partial charge in [0, 0.05) is 19.5 Å². The Labute approximate surface area is 137 Å². The van der Waals surface area contributed by atoms with Gasteiger partial charge in [0.15, 0.2) is 5.11 Å². The Hall–Kier alpha value is -1.82. The summed E-state index contributed by atoms with van der Waals surface area (Å²) in [6.45, 7) is 1.48. The fraction of sp³-hybridized carbons (Fsp3) is 0.500. The molecular formula is C16H24N2O3S. The van der Waals surface area contributed by atoms with Crippen molar-refractivity contribution >= 4 is 23.3 Å². The van der Waals surface area contributed by atoms with Gasteiger partial charge in [0.25, 0.3) is 0 Å². The Morgan fingerprint density at radius 2 is 1.82 bits per heavy atom. The number of rotatable bonds is 9.